The minimum atomic E-state index is -3.36. The van der Waals surface area contributed by atoms with Crippen molar-refractivity contribution in [1.29, 1.82) is 0 Å². The Morgan fingerprint density at radius 3 is 2.10 bits per heavy atom. The Morgan fingerprint density at radius 2 is 1.70 bits per heavy atom. The molecule has 8 heteroatoms. The van der Waals surface area contributed by atoms with Gasteiger partial charge in [0.15, 0.2) is 0 Å². The van der Waals surface area contributed by atoms with Crippen LogP contribution in [0.15, 0.2) is 24.3 Å². The summed E-state index contributed by atoms with van der Waals surface area (Å²) < 4.78 is 24.4. The lowest BCUT2D eigenvalue weighted by Gasteiger charge is -2.26. The number of rotatable bonds is 6. The number of aliphatic hydroxyl groups excluding tert-OH is 2. The second-order valence-electron chi connectivity index (χ2n) is 4.78. The Kier molecular flexibility index (Phi) is 5.09. The minimum absolute atomic E-state index is 0.289. The van der Waals surface area contributed by atoms with Crippen LogP contribution in [-0.4, -0.2) is 49.5 Å². The molecule has 0 atom stereocenters. The Balaban J connectivity index is 2.81. The summed E-state index contributed by atoms with van der Waals surface area (Å²) in [4.78, 5) is 11.9. The molecule has 4 N–H and O–H groups in total. The van der Waals surface area contributed by atoms with Gasteiger partial charge in [-0.25, -0.2) is 8.42 Å². The Hall–Kier alpha value is -1.64. The van der Waals surface area contributed by atoms with E-state index in [9.17, 15) is 13.2 Å². The van der Waals surface area contributed by atoms with Crippen molar-refractivity contribution in [3.63, 3.8) is 0 Å². The number of carbonyl (C=O) groups excluding carboxylic acids is 1. The maximum Gasteiger partial charge on any atom is 0.251 e. The predicted octanol–water partition coefficient (Wildman–Crippen LogP) is -0.469. The number of hydrogen-bond acceptors (Lipinski definition) is 5. The van der Waals surface area contributed by atoms with Crippen LogP contribution in [0.2, 0.25) is 0 Å². The van der Waals surface area contributed by atoms with Gasteiger partial charge in [-0.05, 0) is 31.2 Å². The highest BCUT2D eigenvalue weighted by Crippen LogP contribution is 2.12. The van der Waals surface area contributed by atoms with E-state index < -0.39 is 34.7 Å². The highest BCUT2D eigenvalue weighted by Gasteiger charge is 2.25. The fourth-order valence-corrected chi connectivity index (χ4v) is 1.94. The number of benzene rings is 1. The molecule has 0 spiro atoms. The van der Waals surface area contributed by atoms with Crippen molar-refractivity contribution in [2.24, 2.45) is 0 Å². The summed E-state index contributed by atoms with van der Waals surface area (Å²) in [5.41, 5.74) is -0.478. The molecule has 1 rings (SSSR count). The van der Waals surface area contributed by atoms with E-state index >= 15 is 0 Å². The van der Waals surface area contributed by atoms with E-state index in [-0.39, 0.29) is 5.56 Å². The highest BCUT2D eigenvalue weighted by molar-refractivity contribution is 7.92. The van der Waals surface area contributed by atoms with Crippen molar-refractivity contribution in [2.45, 2.75) is 12.5 Å². The van der Waals surface area contributed by atoms with Crippen molar-refractivity contribution in [1.82, 2.24) is 5.32 Å². The van der Waals surface area contributed by atoms with Gasteiger partial charge in [0.05, 0.1) is 25.0 Å². The van der Waals surface area contributed by atoms with Crippen LogP contribution in [0.25, 0.3) is 0 Å². The van der Waals surface area contributed by atoms with Gasteiger partial charge < -0.3 is 15.5 Å². The lowest BCUT2D eigenvalue weighted by atomic mass is 10.0. The lowest BCUT2D eigenvalue weighted by molar-refractivity contribution is 0.0724. The second-order valence-corrected chi connectivity index (χ2v) is 6.53. The van der Waals surface area contributed by atoms with Crippen molar-refractivity contribution in [2.75, 3.05) is 24.2 Å². The number of amides is 1. The molecule has 0 radical (unpaired) electrons. The van der Waals surface area contributed by atoms with Gasteiger partial charge in [-0.3, -0.25) is 9.52 Å². The summed E-state index contributed by atoms with van der Waals surface area (Å²) >= 11 is 0. The molecule has 0 aliphatic rings. The van der Waals surface area contributed by atoms with E-state index in [0.29, 0.717) is 5.69 Å². The average Bonchev–Trinajstić information content (AvgIpc) is 2.37. The number of carbonyl (C=O) groups is 1. The van der Waals surface area contributed by atoms with Crippen LogP contribution >= 0.6 is 0 Å². The van der Waals surface area contributed by atoms with E-state index in [1.807, 2.05) is 0 Å². The first-order valence-electron chi connectivity index (χ1n) is 5.81. The summed E-state index contributed by atoms with van der Waals surface area (Å²) in [7, 11) is -3.36. The van der Waals surface area contributed by atoms with Gasteiger partial charge >= 0.3 is 0 Å². The van der Waals surface area contributed by atoms with Crippen LogP contribution in [0.1, 0.15) is 17.3 Å². The predicted molar refractivity (Wildman–Crippen MR) is 75.0 cm³/mol. The Morgan fingerprint density at radius 1 is 1.20 bits per heavy atom. The Labute approximate surface area is 117 Å². The summed E-state index contributed by atoms with van der Waals surface area (Å²) in [6.45, 7) is 0.705. The normalized spacial score (nSPS) is 12.0. The molecule has 1 aromatic rings. The zero-order valence-electron chi connectivity index (χ0n) is 11.3. The smallest absolute Gasteiger partial charge is 0.251 e. The van der Waals surface area contributed by atoms with E-state index in [4.69, 9.17) is 10.2 Å². The molecule has 20 heavy (non-hydrogen) atoms. The van der Waals surface area contributed by atoms with Crippen LogP contribution in [0.5, 0.6) is 0 Å². The molecule has 1 amide bonds. The summed E-state index contributed by atoms with van der Waals surface area (Å²) in [5.74, 6) is -0.471. The largest absolute Gasteiger partial charge is 0.394 e. The molecule has 0 fully saturated rings. The first kappa shape index (κ1) is 16.4. The van der Waals surface area contributed by atoms with Gasteiger partial charge in [0.1, 0.15) is 0 Å². The van der Waals surface area contributed by atoms with Crippen LogP contribution in [0, 0.1) is 0 Å². The zero-order valence-corrected chi connectivity index (χ0v) is 12.1. The first-order chi connectivity index (χ1) is 9.19. The molecule has 7 nitrogen and oxygen atoms in total. The molecule has 0 aliphatic carbocycles. The topological polar surface area (TPSA) is 116 Å². The molecular weight excluding hydrogens is 284 g/mol. The van der Waals surface area contributed by atoms with E-state index in [1.54, 1.807) is 0 Å². The third-order valence-electron chi connectivity index (χ3n) is 2.56. The van der Waals surface area contributed by atoms with Crippen molar-refractivity contribution < 1.29 is 23.4 Å². The molecule has 1 aromatic carbocycles. The highest BCUT2D eigenvalue weighted by atomic mass is 32.2. The summed E-state index contributed by atoms with van der Waals surface area (Å²) in [6, 6.07) is 5.78. The molecular formula is C12H18N2O5S. The lowest BCUT2D eigenvalue weighted by Crippen LogP contribution is -2.51. The fourth-order valence-electron chi connectivity index (χ4n) is 1.38. The molecule has 0 aliphatic heterocycles. The third-order valence-corrected chi connectivity index (χ3v) is 3.17. The SMILES string of the molecule is CC(CO)(CO)NC(=O)c1ccc(NS(C)(=O)=O)cc1. The number of hydrogen-bond donors (Lipinski definition) is 4. The molecule has 0 heterocycles. The third kappa shape index (κ3) is 4.80. The molecule has 0 saturated carbocycles. The van der Waals surface area contributed by atoms with Gasteiger partial charge in [-0.2, -0.15) is 0 Å². The summed E-state index contributed by atoms with van der Waals surface area (Å²) in [6.07, 6.45) is 1.03. The van der Waals surface area contributed by atoms with Crippen molar-refractivity contribution in [3.8, 4) is 0 Å². The maximum absolute atomic E-state index is 11.9. The molecule has 112 valence electrons. The molecule has 0 unspecified atom stereocenters. The first-order valence-corrected chi connectivity index (χ1v) is 7.70. The molecule has 0 bridgehead atoms. The number of sulfonamides is 1. The fraction of sp³-hybridized carbons (Fsp3) is 0.417. The van der Waals surface area contributed by atoms with Crippen molar-refractivity contribution in [3.05, 3.63) is 29.8 Å². The Bertz CT molecular complexity index is 564. The van der Waals surface area contributed by atoms with Gasteiger partial charge in [-0.15, -0.1) is 0 Å². The number of anilines is 1. The van der Waals surface area contributed by atoms with Crippen molar-refractivity contribution >= 4 is 21.6 Å². The van der Waals surface area contributed by atoms with Crippen LogP contribution < -0.4 is 10.0 Å². The average molecular weight is 302 g/mol. The second kappa shape index (κ2) is 6.21. The van der Waals surface area contributed by atoms with Crippen LogP contribution in [-0.2, 0) is 10.0 Å². The van der Waals surface area contributed by atoms with Gasteiger partial charge in [0.25, 0.3) is 5.91 Å². The molecule has 0 saturated heterocycles. The van der Waals surface area contributed by atoms with Gasteiger partial charge in [0.2, 0.25) is 10.0 Å². The summed E-state index contributed by atoms with van der Waals surface area (Å²) in [5, 5.41) is 20.7. The van der Waals surface area contributed by atoms with Gasteiger partial charge in [0, 0.05) is 11.3 Å². The van der Waals surface area contributed by atoms with E-state index in [0.717, 1.165) is 6.26 Å². The maximum atomic E-state index is 11.9. The zero-order chi connectivity index (χ0) is 15.4. The number of aliphatic hydroxyl groups is 2. The van der Waals surface area contributed by atoms with Gasteiger partial charge in [-0.1, -0.05) is 0 Å². The minimum Gasteiger partial charge on any atom is -0.394 e. The van der Waals surface area contributed by atoms with Crippen LogP contribution in [0.4, 0.5) is 5.69 Å². The monoisotopic (exact) mass is 302 g/mol. The van der Waals surface area contributed by atoms with E-state index in [2.05, 4.69) is 10.0 Å². The van der Waals surface area contributed by atoms with E-state index in [1.165, 1.54) is 31.2 Å². The quantitative estimate of drug-likeness (QED) is 0.567. The standard InChI is InChI=1S/C12H18N2O5S/c1-12(7-15,8-16)13-11(17)9-3-5-10(6-4-9)14-20(2,18)19/h3-6,14-16H,7-8H2,1-2H3,(H,13,17). The molecule has 0 aromatic heterocycles. The number of nitrogens with one attached hydrogen (secondary N) is 2. The van der Waals surface area contributed by atoms with Crippen LogP contribution in [0.3, 0.4) is 0 Å².